The van der Waals surface area contributed by atoms with Gasteiger partial charge in [-0.05, 0) is 56.3 Å². The molecule has 9 nitrogen and oxygen atoms in total. The Balaban J connectivity index is 1.80. The van der Waals surface area contributed by atoms with E-state index >= 15 is 0 Å². The van der Waals surface area contributed by atoms with Gasteiger partial charge in [0.05, 0.1) is 41.2 Å². The Bertz CT molecular complexity index is 1430. The van der Waals surface area contributed by atoms with E-state index in [9.17, 15) is 28.0 Å². The molecule has 1 aromatic heterocycles. The van der Waals surface area contributed by atoms with Crippen LogP contribution < -0.4 is 4.74 Å². The first-order chi connectivity index (χ1) is 16.5. The van der Waals surface area contributed by atoms with Gasteiger partial charge in [-0.1, -0.05) is 6.92 Å². The second-order valence-corrected chi connectivity index (χ2v) is 10.5. The number of carboxylic acid groups (broad SMARTS) is 1. The lowest BCUT2D eigenvalue weighted by molar-refractivity contribution is -0.136. The summed E-state index contributed by atoms with van der Waals surface area (Å²) in [7, 11) is -4.09. The summed E-state index contributed by atoms with van der Waals surface area (Å²) in [5.41, 5.74) is -0.842. The van der Waals surface area contributed by atoms with Gasteiger partial charge in [0.2, 0.25) is 10.0 Å². The monoisotopic (exact) mass is 500 g/mol. The van der Waals surface area contributed by atoms with Crippen molar-refractivity contribution in [1.29, 1.82) is 5.26 Å². The molecule has 3 atom stereocenters. The zero-order valence-corrected chi connectivity index (χ0v) is 20.3. The summed E-state index contributed by atoms with van der Waals surface area (Å²) in [6.45, 7) is 5.45. The molecule has 184 valence electrons. The zero-order valence-electron chi connectivity index (χ0n) is 19.5. The predicted octanol–water partition coefficient (Wildman–Crippen LogP) is 3.37. The first-order valence-electron chi connectivity index (χ1n) is 11.1. The topological polar surface area (TPSA) is 126 Å². The van der Waals surface area contributed by atoms with Crippen LogP contribution in [-0.2, 0) is 21.2 Å². The highest BCUT2D eigenvalue weighted by Gasteiger charge is 2.55. The van der Waals surface area contributed by atoms with Gasteiger partial charge in [-0.3, -0.25) is 9.48 Å². The van der Waals surface area contributed by atoms with E-state index in [0.29, 0.717) is 23.3 Å². The normalized spacial score (nSPS) is 22.8. The molecule has 2 aromatic carbocycles. The van der Waals surface area contributed by atoms with E-state index in [1.54, 1.807) is 26.0 Å². The number of carboxylic acids is 1. The molecule has 11 heteroatoms. The lowest BCUT2D eigenvalue weighted by atomic mass is 9.88. The number of nitriles is 1. The first kappa shape index (κ1) is 24.6. The Kier molecular flexibility index (Phi) is 6.29. The molecule has 0 amide bonds. The second-order valence-electron chi connectivity index (χ2n) is 8.68. The zero-order chi connectivity index (χ0) is 25.5. The number of halogens is 1. The van der Waals surface area contributed by atoms with Gasteiger partial charge in [0.25, 0.3) is 0 Å². The number of rotatable bonds is 7. The number of aliphatic carboxylic acids is 1. The smallest absolute Gasteiger partial charge is 0.309 e. The number of carbonyl (C=O) groups is 1. The highest BCUT2D eigenvalue weighted by molar-refractivity contribution is 7.89. The fourth-order valence-corrected chi connectivity index (χ4v) is 6.41. The van der Waals surface area contributed by atoms with Crippen LogP contribution in [0.1, 0.15) is 32.5 Å². The Morgan fingerprint density at radius 2 is 2.00 bits per heavy atom. The van der Waals surface area contributed by atoms with Gasteiger partial charge in [0, 0.05) is 17.8 Å². The summed E-state index contributed by atoms with van der Waals surface area (Å²) >= 11 is 0. The number of fused-ring (bicyclic) bond motifs is 1. The number of hydrogen-bond donors (Lipinski definition) is 1. The summed E-state index contributed by atoms with van der Waals surface area (Å²) in [5.74, 6) is -1.65. The molecule has 1 fully saturated rings. The number of sulfonamides is 1. The summed E-state index contributed by atoms with van der Waals surface area (Å²) in [4.78, 5) is 11.4. The Morgan fingerprint density at radius 3 is 2.60 bits per heavy atom. The first-order valence-corrected chi connectivity index (χ1v) is 12.5. The SMILES string of the molecule is CCOc1ccc(S(=O)(=O)N2C[C@H](n3nc(CC(=O)O)c4ccc(F)cc43)[C@H](C)[C@@]2(C)C#N)cc1. The number of hydrogen-bond acceptors (Lipinski definition) is 6. The van der Waals surface area contributed by atoms with Crippen molar-refractivity contribution >= 4 is 26.9 Å². The maximum absolute atomic E-state index is 14.1. The summed E-state index contributed by atoms with van der Waals surface area (Å²) in [5, 5.41) is 24.3. The van der Waals surface area contributed by atoms with Crippen molar-refractivity contribution in [2.75, 3.05) is 13.2 Å². The molecule has 35 heavy (non-hydrogen) atoms. The van der Waals surface area contributed by atoms with Gasteiger partial charge in [0.1, 0.15) is 17.1 Å². The largest absolute Gasteiger partial charge is 0.494 e. The molecule has 0 radical (unpaired) electrons. The van der Waals surface area contributed by atoms with Crippen molar-refractivity contribution in [1.82, 2.24) is 14.1 Å². The summed E-state index contributed by atoms with van der Waals surface area (Å²) < 4.78 is 49.4. The minimum Gasteiger partial charge on any atom is -0.494 e. The summed E-state index contributed by atoms with van der Waals surface area (Å²) in [6, 6.07) is 11.4. The van der Waals surface area contributed by atoms with Gasteiger partial charge >= 0.3 is 5.97 Å². The number of aromatic nitrogens is 2. The van der Waals surface area contributed by atoms with E-state index in [4.69, 9.17) is 4.74 Å². The minimum absolute atomic E-state index is 0.0122. The lowest BCUT2D eigenvalue weighted by Crippen LogP contribution is -2.46. The van der Waals surface area contributed by atoms with Crippen molar-refractivity contribution in [3.8, 4) is 11.8 Å². The van der Waals surface area contributed by atoms with E-state index in [1.807, 2.05) is 6.92 Å². The second kappa shape index (κ2) is 8.94. The standard InChI is InChI=1S/C24H25FN4O5S/c1-4-34-17-6-8-18(9-7-17)35(32,33)28-13-22(15(2)24(28,3)14-26)29-21-11-16(25)5-10-19(21)20(27-29)12-23(30)31/h5-11,15,22H,4,12-13H2,1-3H3,(H,30,31)/t15-,22-,24+/m0/s1. The van der Waals surface area contributed by atoms with Crippen LogP contribution in [-0.4, -0.2) is 52.3 Å². The van der Waals surface area contributed by atoms with E-state index < -0.39 is 39.3 Å². The van der Waals surface area contributed by atoms with Crippen molar-refractivity contribution in [2.45, 2.75) is 43.7 Å². The van der Waals surface area contributed by atoms with Crippen molar-refractivity contribution in [3.05, 3.63) is 54.0 Å². The number of nitrogens with zero attached hydrogens (tertiary/aromatic N) is 4. The van der Waals surface area contributed by atoms with Crippen molar-refractivity contribution < 1.29 is 27.4 Å². The minimum atomic E-state index is -4.09. The van der Waals surface area contributed by atoms with Crippen molar-refractivity contribution in [3.63, 3.8) is 0 Å². The quantitative estimate of drug-likeness (QED) is 0.527. The van der Waals surface area contributed by atoms with Crippen LogP contribution in [0.3, 0.4) is 0 Å². The van der Waals surface area contributed by atoms with E-state index in [1.165, 1.54) is 35.0 Å². The molecule has 0 bridgehead atoms. The Morgan fingerprint density at radius 1 is 1.31 bits per heavy atom. The van der Waals surface area contributed by atoms with Crippen LogP contribution >= 0.6 is 0 Å². The lowest BCUT2D eigenvalue weighted by Gasteiger charge is -2.30. The molecule has 0 unspecified atom stereocenters. The number of ether oxygens (including phenoxy) is 1. The van der Waals surface area contributed by atoms with Crippen LogP contribution in [0, 0.1) is 23.1 Å². The number of benzene rings is 2. The average Bonchev–Trinajstić information content (AvgIpc) is 3.29. The van der Waals surface area contributed by atoms with Crippen LogP contribution in [0.15, 0.2) is 47.4 Å². The molecule has 1 aliphatic rings. The average molecular weight is 501 g/mol. The van der Waals surface area contributed by atoms with E-state index in [0.717, 1.165) is 4.31 Å². The van der Waals surface area contributed by atoms with Gasteiger partial charge in [0.15, 0.2) is 0 Å². The maximum Gasteiger partial charge on any atom is 0.309 e. The van der Waals surface area contributed by atoms with Crippen LogP contribution in [0.5, 0.6) is 5.75 Å². The summed E-state index contributed by atoms with van der Waals surface area (Å²) in [6.07, 6.45) is -0.375. The highest BCUT2D eigenvalue weighted by atomic mass is 32.2. The third kappa shape index (κ3) is 4.13. The molecule has 0 saturated carbocycles. The molecule has 1 N–H and O–H groups in total. The molecule has 1 aliphatic heterocycles. The van der Waals surface area contributed by atoms with Gasteiger partial charge < -0.3 is 9.84 Å². The third-order valence-electron chi connectivity index (χ3n) is 6.66. The fourth-order valence-electron chi connectivity index (χ4n) is 4.62. The molecule has 2 heterocycles. The Hall–Kier alpha value is -3.49. The molecular weight excluding hydrogens is 475 g/mol. The molecule has 4 rings (SSSR count). The fraction of sp³-hybridized carbons (Fsp3) is 0.375. The Labute approximate surface area is 202 Å². The molecular formula is C24H25FN4O5S. The van der Waals surface area contributed by atoms with E-state index in [-0.39, 0.29) is 23.6 Å². The third-order valence-corrected chi connectivity index (χ3v) is 8.64. The van der Waals surface area contributed by atoms with Gasteiger partial charge in [-0.25, -0.2) is 12.8 Å². The van der Waals surface area contributed by atoms with Gasteiger partial charge in [-0.15, -0.1) is 0 Å². The molecule has 1 saturated heterocycles. The molecule has 0 aliphatic carbocycles. The van der Waals surface area contributed by atoms with Crippen molar-refractivity contribution in [2.24, 2.45) is 5.92 Å². The van der Waals surface area contributed by atoms with Crippen LogP contribution in [0.2, 0.25) is 0 Å². The maximum atomic E-state index is 14.1. The van der Waals surface area contributed by atoms with Crippen LogP contribution in [0.4, 0.5) is 4.39 Å². The van der Waals surface area contributed by atoms with E-state index in [2.05, 4.69) is 11.2 Å². The van der Waals surface area contributed by atoms with Crippen LogP contribution in [0.25, 0.3) is 10.9 Å². The molecule has 0 spiro atoms. The predicted molar refractivity (Wildman–Crippen MR) is 125 cm³/mol. The van der Waals surface area contributed by atoms with Gasteiger partial charge in [-0.2, -0.15) is 14.7 Å². The highest BCUT2D eigenvalue weighted by Crippen LogP contribution is 2.45. The molecule has 3 aromatic rings.